The fourth-order valence-corrected chi connectivity index (χ4v) is 8.44. The van der Waals surface area contributed by atoms with Crippen LogP contribution in [0.3, 0.4) is 0 Å². The molecule has 8 aromatic carbocycles. The normalized spacial score (nSPS) is 12.9. The van der Waals surface area contributed by atoms with Crippen molar-refractivity contribution in [3.8, 4) is 44.5 Å². The van der Waals surface area contributed by atoms with Gasteiger partial charge in [-0.3, -0.25) is 0 Å². The summed E-state index contributed by atoms with van der Waals surface area (Å²) >= 11 is 0. The van der Waals surface area contributed by atoms with Gasteiger partial charge in [0, 0.05) is 22.2 Å². The minimum atomic E-state index is -0.187. The lowest BCUT2D eigenvalue weighted by atomic mass is 9.81. The Hall–Kier alpha value is -6.64. The smallest absolute Gasteiger partial charge is 0.137 e. The van der Waals surface area contributed by atoms with E-state index in [0.29, 0.717) is 0 Å². The number of rotatable bonds is 6. The molecule has 0 saturated heterocycles. The third-order valence-electron chi connectivity index (χ3n) is 11.1. The Morgan fingerprint density at radius 2 is 1.02 bits per heavy atom. The second-order valence-corrected chi connectivity index (χ2v) is 14.5. The summed E-state index contributed by atoms with van der Waals surface area (Å²) in [7, 11) is 0. The van der Waals surface area contributed by atoms with Gasteiger partial charge >= 0.3 is 0 Å². The predicted octanol–water partition coefficient (Wildman–Crippen LogP) is 14.4. The van der Waals surface area contributed by atoms with Gasteiger partial charge in [-0.2, -0.15) is 0 Å². The van der Waals surface area contributed by atoms with E-state index >= 15 is 0 Å². The molecule has 10 rings (SSSR count). The molecule has 0 amide bonds. The van der Waals surface area contributed by atoms with Crippen LogP contribution >= 0.6 is 0 Å². The summed E-state index contributed by atoms with van der Waals surface area (Å²) in [6.07, 6.45) is 0. The maximum atomic E-state index is 6.56. The van der Waals surface area contributed by atoms with E-state index in [1.54, 1.807) is 0 Å². The van der Waals surface area contributed by atoms with Gasteiger partial charge in [0.25, 0.3) is 0 Å². The summed E-state index contributed by atoms with van der Waals surface area (Å²) < 4.78 is 6.56. The van der Waals surface area contributed by atoms with Crippen molar-refractivity contribution in [2.75, 3.05) is 4.90 Å². The first-order valence-corrected chi connectivity index (χ1v) is 18.3. The van der Waals surface area contributed by atoms with Gasteiger partial charge in [-0.1, -0.05) is 153 Å². The standard InChI is InChI=1S/C51H37NO/c1-51(2)44-21-12-20-41(37-18-10-5-11-19-37)49(44)42-30-29-40(33-45(42)51)52(39-27-24-36(25-28-39)34-14-6-3-7-15-34)46-22-13-23-48-50(46)43-32-38(26-31-47(43)53-48)35-16-8-4-9-17-35/h3-33H,1-2H3. The maximum Gasteiger partial charge on any atom is 0.137 e. The van der Waals surface area contributed by atoms with E-state index in [1.807, 2.05) is 0 Å². The van der Waals surface area contributed by atoms with Crippen LogP contribution < -0.4 is 4.90 Å². The van der Waals surface area contributed by atoms with E-state index in [-0.39, 0.29) is 5.41 Å². The summed E-state index contributed by atoms with van der Waals surface area (Å²) in [5.41, 5.74) is 17.4. The van der Waals surface area contributed by atoms with Crippen LogP contribution in [0.25, 0.3) is 66.4 Å². The average molecular weight is 680 g/mol. The molecule has 1 aromatic heterocycles. The van der Waals surface area contributed by atoms with E-state index in [0.717, 1.165) is 39.0 Å². The van der Waals surface area contributed by atoms with Gasteiger partial charge in [0.05, 0.1) is 11.1 Å². The van der Waals surface area contributed by atoms with Crippen molar-refractivity contribution in [3.63, 3.8) is 0 Å². The highest BCUT2D eigenvalue weighted by Gasteiger charge is 2.37. The van der Waals surface area contributed by atoms with Crippen molar-refractivity contribution in [2.24, 2.45) is 0 Å². The van der Waals surface area contributed by atoms with Crippen LogP contribution in [-0.4, -0.2) is 0 Å². The quantitative estimate of drug-likeness (QED) is 0.174. The van der Waals surface area contributed by atoms with E-state index in [4.69, 9.17) is 4.42 Å². The van der Waals surface area contributed by atoms with Gasteiger partial charge in [-0.05, 0) is 104 Å². The number of hydrogen-bond acceptors (Lipinski definition) is 2. The number of anilines is 3. The Bertz CT molecular complexity index is 2780. The van der Waals surface area contributed by atoms with Crippen LogP contribution in [0, 0.1) is 0 Å². The second-order valence-electron chi connectivity index (χ2n) is 14.5. The molecular weight excluding hydrogens is 643 g/mol. The molecule has 0 atom stereocenters. The van der Waals surface area contributed by atoms with Gasteiger partial charge in [0.15, 0.2) is 0 Å². The number of benzene rings is 8. The largest absolute Gasteiger partial charge is 0.456 e. The molecule has 0 N–H and O–H groups in total. The summed E-state index contributed by atoms with van der Waals surface area (Å²) in [5, 5.41) is 2.20. The number of furan rings is 1. The summed E-state index contributed by atoms with van der Waals surface area (Å²) in [6.45, 7) is 4.73. The Morgan fingerprint density at radius 1 is 0.415 bits per heavy atom. The van der Waals surface area contributed by atoms with Crippen LogP contribution in [0.2, 0.25) is 0 Å². The molecule has 0 aliphatic heterocycles. The molecule has 0 spiro atoms. The first kappa shape index (κ1) is 31.1. The Balaban J connectivity index is 1.19. The molecule has 0 bridgehead atoms. The van der Waals surface area contributed by atoms with Crippen molar-refractivity contribution >= 4 is 39.0 Å². The molecule has 53 heavy (non-hydrogen) atoms. The predicted molar refractivity (Wildman–Crippen MR) is 222 cm³/mol. The zero-order valence-electron chi connectivity index (χ0n) is 29.8. The fraction of sp³-hybridized carbons (Fsp3) is 0.0588. The van der Waals surface area contributed by atoms with Crippen molar-refractivity contribution in [1.29, 1.82) is 0 Å². The van der Waals surface area contributed by atoms with E-state index in [2.05, 4.69) is 207 Å². The lowest BCUT2D eigenvalue weighted by Crippen LogP contribution is -2.16. The van der Waals surface area contributed by atoms with Crippen LogP contribution in [0.4, 0.5) is 17.1 Å². The SMILES string of the molecule is CC1(C)c2cc(N(c3ccc(-c4ccccc4)cc3)c3cccc4oc5ccc(-c6ccccc6)cc5c34)ccc2-c2c(-c3ccccc3)cccc21. The molecule has 0 fully saturated rings. The first-order chi connectivity index (χ1) is 26.0. The summed E-state index contributed by atoms with van der Waals surface area (Å²) in [5.74, 6) is 0. The third kappa shape index (κ3) is 5.10. The number of nitrogens with zero attached hydrogens (tertiary/aromatic N) is 1. The van der Waals surface area contributed by atoms with Gasteiger partial charge in [0.1, 0.15) is 11.2 Å². The Labute approximate surface area is 310 Å². The minimum absolute atomic E-state index is 0.187. The molecule has 0 radical (unpaired) electrons. The summed E-state index contributed by atoms with van der Waals surface area (Å²) in [4.78, 5) is 2.42. The monoisotopic (exact) mass is 679 g/mol. The highest BCUT2D eigenvalue weighted by atomic mass is 16.3. The zero-order chi connectivity index (χ0) is 35.5. The highest BCUT2D eigenvalue weighted by molar-refractivity contribution is 6.14. The minimum Gasteiger partial charge on any atom is -0.456 e. The van der Waals surface area contributed by atoms with E-state index in [1.165, 1.54) is 55.6 Å². The van der Waals surface area contributed by atoms with Gasteiger partial charge < -0.3 is 9.32 Å². The van der Waals surface area contributed by atoms with Gasteiger partial charge in [0.2, 0.25) is 0 Å². The molecule has 9 aromatic rings. The molecule has 2 heteroatoms. The molecule has 2 nitrogen and oxygen atoms in total. The molecule has 0 unspecified atom stereocenters. The van der Waals surface area contributed by atoms with Crippen LogP contribution in [0.1, 0.15) is 25.0 Å². The second kappa shape index (κ2) is 12.3. The number of hydrogen-bond donors (Lipinski definition) is 0. The van der Waals surface area contributed by atoms with Gasteiger partial charge in [-0.25, -0.2) is 0 Å². The average Bonchev–Trinajstić information content (AvgIpc) is 3.71. The third-order valence-corrected chi connectivity index (χ3v) is 11.1. The van der Waals surface area contributed by atoms with Crippen molar-refractivity contribution < 1.29 is 4.42 Å². The Morgan fingerprint density at radius 3 is 1.74 bits per heavy atom. The molecule has 1 aliphatic carbocycles. The van der Waals surface area contributed by atoms with E-state index < -0.39 is 0 Å². The lowest BCUT2D eigenvalue weighted by Gasteiger charge is -2.28. The van der Waals surface area contributed by atoms with Crippen LogP contribution in [0.5, 0.6) is 0 Å². The van der Waals surface area contributed by atoms with Crippen LogP contribution in [-0.2, 0) is 5.41 Å². The van der Waals surface area contributed by atoms with Crippen LogP contribution in [0.15, 0.2) is 192 Å². The van der Waals surface area contributed by atoms with E-state index in [9.17, 15) is 0 Å². The summed E-state index contributed by atoms with van der Waals surface area (Å²) in [6, 6.07) is 67.8. The van der Waals surface area contributed by atoms with Crippen molar-refractivity contribution in [2.45, 2.75) is 19.3 Å². The van der Waals surface area contributed by atoms with Crippen molar-refractivity contribution in [3.05, 3.63) is 199 Å². The fourth-order valence-electron chi connectivity index (χ4n) is 8.44. The maximum absolute atomic E-state index is 6.56. The Kier molecular flexibility index (Phi) is 7.19. The highest BCUT2D eigenvalue weighted by Crippen LogP contribution is 2.54. The molecular formula is C51H37NO. The lowest BCUT2D eigenvalue weighted by molar-refractivity contribution is 0.660. The molecule has 0 saturated carbocycles. The van der Waals surface area contributed by atoms with Gasteiger partial charge in [-0.15, -0.1) is 0 Å². The zero-order valence-corrected chi connectivity index (χ0v) is 29.8. The number of fused-ring (bicyclic) bond motifs is 6. The first-order valence-electron chi connectivity index (χ1n) is 18.3. The topological polar surface area (TPSA) is 16.4 Å². The molecule has 1 heterocycles. The van der Waals surface area contributed by atoms with Crippen molar-refractivity contribution in [1.82, 2.24) is 0 Å². The molecule has 252 valence electrons. The molecule has 1 aliphatic rings.